The molecule has 0 fully saturated rings. The molecule has 0 spiro atoms. The first-order valence-electron chi connectivity index (χ1n) is 6.98. The van der Waals surface area contributed by atoms with Gasteiger partial charge in [-0.25, -0.2) is 10.5 Å². The van der Waals surface area contributed by atoms with E-state index < -0.39 is 22.7 Å². The molecule has 0 saturated heterocycles. The number of alkyl halides is 3. The van der Waals surface area contributed by atoms with Crippen LogP contribution in [0.4, 0.5) is 19.1 Å². The van der Waals surface area contributed by atoms with Crippen molar-refractivity contribution in [1.29, 1.82) is 0 Å². The molecule has 0 bridgehead atoms. The number of aromatic amines is 1. The standard InChI is InChI=1S/C13H11F3N8OS/c14-13(15,16)12(25)9(20-22-11-18-6-19-21-11)8(23-24(12)10(17)26)7-4-2-1-3-5-7/h1-6,25H,(H2,17,26)(H2,18,19,21,22)/b20-9-. The highest BCUT2D eigenvalue weighted by atomic mass is 32.1. The number of aliphatic hydroxyl groups is 1. The normalized spacial score (nSPS) is 21.8. The molecule has 9 nitrogen and oxygen atoms in total. The largest absolute Gasteiger partial charge is 0.445 e. The zero-order valence-electron chi connectivity index (χ0n) is 12.8. The van der Waals surface area contributed by atoms with E-state index in [4.69, 9.17) is 5.73 Å². The van der Waals surface area contributed by atoms with Gasteiger partial charge in [-0.1, -0.05) is 30.3 Å². The summed E-state index contributed by atoms with van der Waals surface area (Å²) in [5.41, 5.74) is 3.12. The Bertz CT molecular complexity index is 867. The van der Waals surface area contributed by atoms with Crippen LogP contribution in [-0.2, 0) is 0 Å². The predicted molar refractivity (Wildman–Crippen MR) is 90.0 cm³/mol. The van der Waals surface area contributed by atoms with Crippen molar-refractivity contribution < 1.29 is 18.3 Å². The Balaban J connectivity index is 2.16. The van der Waals surface area contributed by atoms with Crippen molar-refractivity contribution in [3.63, 3.8) is 0 Å². The van der Waals surface area contributed by atoms with E-state index in [0.717, 1.165) is 6.33 Å². The van der Waals surface area contributed by atoms with Crippen LogP contribution < -0.4 is 11.2 Å². The lowest BCUT2D eigenvalue weighted by atomic mass is 9.98. The van der Waals surface area contributed by atoms with Gasteiger partial charge in [-0.2, -0.15) is 38.5 Å². The summed E-state index contributed by atoms with van der Waals surface area (Å²) in [4.78, 5) is 3.69. The van der Waals surface area contributed by atoms with Gasteiger partial charge in [-0.15, -0.1) is 0 Å². The monoisotopic (exact) mass is 384 g/mol. The number of hydrazone groups is 2. The zero-order valence-corrected chi connectivity index (χ0v) is 13.6. The first-order chi connectivity index (χ1) is 12.2. The van der Waals surface area contributed by atoms with Gasteiger partial charge >= 0.3 is 11.9 Å². The van der Waals surface area contributed by atoms with E-state index in [-0.39, 0.29) is 22.2 Å². The van der Waals surface area contributed by atoms with Crippen molar-refractivity contribution in [2.75, 3.05) is 5.43 Å². The molecule has 0 aliphatic carbocycles. The number of nitrogens with two attached hydrogens (primary N) is 1. The molecule has 0 amide bonds. The maximum Gasteiger partial charge on any atom is 0.445 e. The minimum atomic E-state index is -5.21. The lowest BCUT2D eigenvalue weighted by Crippen LogP contribution is -2.62. The molecule has 0 radical (unpaired) electrons. The number of nitrogens with zero attached hydrogens (tertiary/aromatic N) is 5. The average molecular weight is 384 g/mol. The van der Waals surface area contributed by atoms with Crippen LogP contribution in [0.15, 0.2) is 46.9 Å². The van der Waals surface area contributed by atoms with Crippen LogP contribution in [-0.4, -0.2) is 53.7 Å². The Morgan fingerprint density at radius 1 is 1.35 bits per heavy atom. The van der Waals surface area contributed by atoms with Gasteiger partial charge in [-0.05, 0) is 12.2 Å². The van der Waals surface area contributed by atoms with Crippen LogP contribution in [0.5, 0.6) is 0 Å². The predicted octanol–water partition coefficient (Wildman–Crippen LogP) is 0.787. The van der Waals surface area contributed by atoms with Crippen LogP contribution in [0, 0.1) is 0 Å². The second-order valence-corrected chi connectivity index (χ2v) is 5.46. The number of nitrogens with one attached hydrogen (secondary N) is 2. The number of aromatic nitrogens is 3. The molecular formula is C13H11F3N8OS. The fraction of sp³-hybridized carbons (Fsp3) is 0.154. The van der Waals surface area contributed by atoms with E-state index in [1.165, 1.54) is 12.1 Å². The number of H-pyrrole nitrogens is 1. The number of anilines is 1. The number of hydrogen-bond acceptors (Lipinski definition) is 7. The summed E-state index contributed by atoms with van der Waals surface area (Å²) in [6, 6.07) is 7.86. The van der Waals surface area contributed by atoms with Gasteiger partial charge in [0.05, 0.1) is 0 Å². The van der Waals surface area contributed by atoms with Gasteiger partial charge in [0.2, 0.25) is 5.95 Å². The Morgan fingerprint density at radius 2 is 2.04 bits per heavy atom. The van der Waals surface area contributed by atoms with E-state index in [1.54, 1.807) is 18.2 Å². The average Bonchev–Trinajstić information content (AvgIpc) is 3.19. The molecule has 0 saturated carbocycles. The van der Waals surface area contributed by atoms with E-state index in [2.05, 4.69) is 43.0 Å². The van der Waals surface area contributed by atoms with Crippen molar-refractivity contribution in [2.45, 2.75) is 11.9 Å². The lowest BCUT2D eigenvalue weighted by Gasteiger charge is -2.32. The summed E-state index contributed by atoms with van der Waals surface area (Å²) in [6.07, 6.45) is -4.08. The Morgan fingerprint density at radius 3 is 2.58 bits per heavy atom. The first-order valence-corrected chi connectivity index (χ1v) is 7.38. The number of halogens is 3. The van der Waals surface area contributed by atoms with E-state index >= 15 is 0 Å². The summed E-state index contributed by atoms with van der Waals surface area (Å²) in [5, 5.41) is 23.1. The summed E-state index contributed by atoms with van der Waals surface area (Å²) in [7, 11) is 0. The zero-order chi connectivity index (χ0) is 18.9. The van der Waals surface area contributed by atoms with Gasteiger partial charge in [-0.3, -0.25) is 0 Å². The summed E-state index contributed by atoms with van der Waals surface area (Å²) in [5.74, 6) is -0.0387. The van der Waals surface area contributed by atoms with Gasteiger partial charge in [0.25, 0.3) is 0 Å². The second-order valence-electron chi connectivity index (χ2n) is 5.04. The fourth-order valence-corrected chi connectivity index (χ4v) is 2.41. The third-order valence-corrected chi connectivity index (χ3v) is 3.57. The smallest absolute Gasteiger partial charge is 0.375 e. The highest BCUT2D eigenvalue weighted by Gasteiger charge is 2.67. The molecule has 1 atom stereocenters. The summed E-state index contributed by atoms with van der Waals surface area (Å²) >= 11 is 4.63. The van der Waals surface area contributed by atoms with Crippen molar-refractivity contribution in [3.05, 3.63) is 42.2 Å². The molecule has 2 heterocycles. The van der Waals surface area contributed by atoms with Gasteiger partial charge in [0.15, 0.2) is 10.8 Å². The molecule has 1 aliphatic heterocycles. The highest BCUT2D eigenvalue weighted by Crippen LogP contribution is 2.39. The second kappa shape index (κ2) is 6.34. The molecule has 1 aromatic heterocycles. The molecule has 5 N–H and O–H groups in total. The molecular weight excluding hydrogens is 373 g/mol. The van der Waals surface area contributed by atoms with Crippen LogP contribution in [0.3, 0.4) is 0 Å². The maximum atomic E-state index is 13.7. The minimum Gasteiger partial charge on any atom is -0.375 e. The molecule has 1 unspecified atom stereocenters. The molecule has 26 heavy (non-hydrogen) atoms. The molecule has 1 aliphatic rings. The maximum absolute atomic E-state index is 13.7. The summed E-state index contributed by atoms with van der Waals surface area (Å²) in [6.45, 7) is 0. The van der Waals surface area contributed by atoms with Gasteiger partial charge in [0, 0.05) is 5.56 Å². The van der Waals surface area contributed by atoms with E-state index in [9.17, 15) is 18.3 Å². The van der Waals surface area contributed by atoms with Crippen LogP contribution in [0.2, 0.25) is 0 Å². The Kier molecular flexibility index (Phi) is 4.33. The Hall–Kier alpha value is -3.06. The van der Waals surface area contributed by atoms with Crippen LogP contribution in [0.25, 0.3) is 0 Å². The van der Waals surface area contributed by atoms with Crippen molar-refractivity contribution in [1.82, 2.24) is 20.2 Å². The fourth-order valence-electron chi connectivity index (χ4n) is 2.24. The summed E-state index contributed by atoms with van der Waals surface area (Å²) < 4.78 is 41.2. The van der Waals surface area contributed by atoms with Crippen molar-refractivity contribution in [3.8, 4) is 0 Å². The third-order valence-electron chi connectivity index (χ3n) is 3.40. The minimum absolute atomic E-state index is 0.0387. The molecule has 2 aromatic rings. The van der Waals surface area contributed by atoms with Crippen molar-refractivity contribution >= 4 is 34.7 Å². The quantitative estimate of drug-likeness (QED) is 0.455. The highest BCUT2D eigenvalue weighted by molar-refractivity contribution is 7.80. The topological polar surface area (TPSA) is 128 Å². The molecule has 3 rings (SSSR count). The Labute approximate surface area is 149 Å². The molecule has 1 aromatic carbocycles. The van der Waals surface area contributed by atoms with E-state index in [0.29, 0.717) is 0 Å². The lowest BCUT2D eigenvalue weighted by molar-refractivity contribution is -0.265. The number of thiocarbonyl (C=S) groups is 1. The SMILES string of the molecule is NC(=S)N1N=C(c2ccccc2)/C(=N/Nc2ncn[nH]2)C1(O)C(F)(F)F. The number of rotatable bonds is 3. The van der Waals surface area contributed by atoms with E-state index in [1.807, 2.05) is 0 Å². The van der Waals surface area contributed by atoms with Gasteiger partial charge < -0.3 is 10.8 Å². The number of benzene rings is 1. The van der Waals surface area contributed by atoms with Crippen LogP contribution >= 0.6 is 12.2 Å². The molecule has 136 valence electrons. The number of hydrogen-bond donors (Lipinski definition) is 4. The molecule has 13 heteroatoms. The van der Waals surface area contributed by atoms with Crippen molar-refractivity contribution in [2.24, 2.45) is 15.9 Å². The first kappa shape index (κ1) is 17.8. The van der Waals surface area contributed by atoms with Gasteiger partial charge in [0.1, 0.15) is 12.0 Å². The van der Waals surface area contributed by atoms with Crippen LogP contribution in [0.1, 0.15) is 5.56 Å². The third kappa shape index (κ3) is 2.86.